The molecule has 1 aliphatic rings. The molecular weight excluding hydrogens is 276 g/mol. The van der Waals surface area contributed by atoms with Gasteiger partial charge in [0.05, 0.1) is 0 Å². The Morgan fingerprint density at radius 3 is 2.52 bits per heavy atom. The van der Waals surface area contributed by atoms with Crippen LogP contribution in [0.25, 0.3) is 0 Å². The summed E-state index contributed by atoms with van der Waals surface area (Å²) in [6.07, 6.45) is 0. The summed E-state index contributed by atoms with van der Waals surface area (Å²) in [4.78, 5) is 0. The molecule has 0 aliphatic carbocycles. The highest BCUT2D eigenvalue weighted by Crippen LogP contribution is 2.40. The standard InChI is InChI=1S/C16H15F2NO2/c1-16(2)20-14-6-5-12(8-15(14)21-16)19-9-10-3-4-11(17)7-13(10)18/h3-8,19H,9H2,1-2H3. The number of rotatable bonds is 3. The maximum absolute atomic E-state index is 13.5. The average Bonchev–Trinajstić information content (AvgIpc) is 2.70. The first-order chi connectivity index (χ1) is 9.93. The van der Waals surface area contributed by atoms with E-state index in [1.165, 1.54) is 12.1 Å². The molecule has 0 spiro atoms. The minimum absolute atomic E-state index is 0.259. The zero-order valence-corrected chi connectivity index (χ0v) is 11.7. The van der Waals surface area contributed by atoms with Gasteiger partial charge in [-0.15, -0.1) is 0 Å². The third kappa shape index (κ3) is 2.91. The van der Waals surface area contributed by atoms with Crippen molar-refractivity contribution in [3.63, 3.8) is 0 Å². The molecule has 110 valence electrons. The summed E-state index contributed by atoms with van der Waals surface area (Å²) in [5.41, 5.74) is 1.17. The zero-order valence-electron chi connectivity index (χ0n) is 11.7. The van der Waals surface area contributed by atoms with E-state index in [4.69, 9.17) is 9.47 Å². The lowest BCUT2D eigenvalue weighted by atomic mass is 10.2. The van der Waals surface area contributed by atoms with Gasteiger partial charge in [0.1, 0.15) is 11.6 Å². The van der Waals surface area contributed by atoms with Crippen molar-refractivity contribution in [1.82, 2.24) is 0 Å². The van der Waals surface area contributed by atoms with Crippen molar-refractivity contribution in [3.05, 3.63) is 53.6 Å². The van der Waals surface area contributed by atoms with Gasteiger partial charge in [-0.25, -0.2) is 8.78 Å². The van der Waals surface area contributed by atoms with Crippen molar-refractivity contribution in [1.29, 1.82) is 0 Å². The number of anilines is 1. The first kappa shape index (κ1) is 13.7. The van der Waals surface area contributed by atoms with Crippen molar-refractivity contribution >= 4 is 5.69 Å². The molecule has 2 aromatic carbocycles. The Bertz CT molecular complexity index is 686. The van der Waals surface area contributed by atoms with Crippen molar-refractivity contribution in [2.24, 2.45) is 0 Å². The normalized spacial score (nSPS) is 15.0. The molecule has 0 atom stereocenters. The van der Waals surface area contributed by atoms with Gasteiger partial charge in [-0.3, -0.25) is 0 Å². The molecule has 0 saturated heterocycles. The van der Waals surface area contributed by atoms with Crippen molar-refractivity contribution in [3.8, 4) is 11.5 Å². The Hall–Kier alpha value is -2.30. The van der Waals surface area contributed by atoms with Gasteiger partial charge in [-0.2, -0.15) is 0 Å². The molecule has 0 aromatic heterocycles. The lowest BCUT2D eigenvalue weighted by molar-refractivity contribution is -0.0431. The van der Waals surface area contributed by atoms with Gasteiger partial charge in [-0.1, -0.05) is 6.07 Å². The van der Waals surface area contributed by atoms with Crippen LogP contribution in [0.3, 0.4) is 0 Å². The number of ether oxygens (including phenoxy) is 2. The number of benzene rings is 2. The lowest BCUT2D eigenvalue weighted by Gasteiger charge is -2.16. The van der Waals surface area contributed by atoms with Crippen LogP contribution in [0.2, 0.25) is 0 Å². The quantitative estimate of drug-likeness (QED) is 0.924. The molecular formula is C16H15F2NO2. The van der Waals surface area contributed by atoms with Crippen LogP contribution in [0, 0.1) is 11.6 Å². The Balaban J connectivity index is 1.72. The highest BCUT2D eigenvalue weighted by molar-refractivity contribution is 5.56. The van der Waals surface area contributed by atoms with Crippen LogP contribution < -0.4 is 14.8 Å². The number of fused-ring (bicyclic) bond motifs is 1. The zero-order chi connectivity index (χ0) is 15.0. The topological polar surface area (TPSA) is 30.5 Å². The smallest absolute Gasteiger partial charge is 0.246 e. The summed E-state index contributed by atoms with van der Waals surface area (Å²) in [6, 6.07) is 8.96. The molecule has 2 aromatic rings. The summed E-state index contributed by atoms with van der Waals surface area (Å²) in [6.45, 7) is 3.91. The van der Waals surface area contributed by atoms with E-state index in [0.717, 1.165) is 11.8 Å². The third-order valence-corrected chi connectivity index (χ3v) is 3.15. The molecule has 5 heteroatoms. The fourth-order valence-corrected chi connectivity index (χ4v) is 2.19. The minimum atomic E-state index is -0.677. The van der Waals surface area contributed by atoms with E-state index < -0.39 is 17.4 Å². The maximum atomic E-state index is 13.5. The second-order valence-corrected chi connectivity index (χ2v) is 5.35. The molecule has 0 amide bonds. The molecule has 0 bridgehead atoms. The van der Waals surface area contributed by atoms with Crippen molar-refractivity contribution < 1.29 is 18.3 Å². The summed E-state index contributed by atoms with van der Waals surface area (Å²) in [5, 5.41) is 3.08. The monoisotopic (exact) mass is 291 g/mol. The van der Waals surface area contributed by atoms with Gasteiger partial charge in [-0.05, 0) is 18.2 Å². The second-order valence-electron chi connectivity index (χ2n) is 5.35. The van der Waals surface area contributed by atoms with Gasteiger partial charge >= 0.3 is 0 Å². The van der Waals surface area contributed by atoms with Gasteiger partial charge in [0.15, 0.2) is 11.5 Å². The van der Waals surface area contributed by atoms with E-state index >= 15 is 0 Å². The van der Waals surface area contributed by atoms with Gasteiger partial charge in [0.2, 0.25) is 5.79 Å². The van der Waals surface area contributed by atoms with Crippen molar-refractivity contribution in [2.75, 3.05) is 5.32 Å². The summed E-state index contributed by atoms with van der Waals surface area (Å²) < 4.78 is 37.6. The molecule has 3 rings (SSSR count). The molecule has 0 radical (unpaired) electrons. The number of nitrogens with one attached hydrogen (secondary N) is 1. The van der Waals surface area contributed by atoms with Gasteiger partial charge in [0.25, 0.3) is 0 Å². The van der Waals surface area contributed by atoms with E-state index in [-0.39, 0.29) is 6.54 Å². The predicted molar refractivity (Wildman–Crippen MR) is 75.5 cm³/mol. The van der Waals surface area contributed by atoms with Crippen LogP contribution in [0.4, 0.5) is 14.5 Å². The number of hydrogen-bond donors (Lipinski definition) is 1. The van der Waals surface area contributed by atoms with Gasteiger partial charge in [0, 0.05) is 43.8 Å². The van der Waals surface area contributed by atoms with E-state index in [0.29, 0.717) is 17.1 Å². The number of hydrogen-bond acceptors (Lipinski definition) is 3. The SMILES string of the molecule is CC1(C)Oc2ccc(NCc3ccc(F)cc3F)cc2O1. The lowest BCUT2D eigenvalue weighted by Crippen LogP contribution is -2.29. The van der Waals surface area contributed by atoms with E-state index in [2.05, 4.69) is 5.32 Å². The number of halogens is 2. The molecule has 0 fully saturated rings. The molecule has 21 heavy (non-hydrogen) atoms. The van der Waals surface area contributed by atoms with Crippen LogP contribution in [-0.2, 0) is 6.54 Å². The molecule has 0 saturated carbocycles. The predicted octanol–water partition coefficient (Wildman–Crippen LogP) is 4.08. The van der Waals surface area contributed by atoms with Crippen LogP contribution >= 0.6 is 0 Å². The molecule has 1 heterocycles. The molecule has 1 N–H and O–H groups in total. The Morgan fingerprint density at radius 1 is 1.00 bits per heavy atom. The van der Waals surface area contributed by atoms with E-state index in [1.807, 2.05) is 19.9 Å². The minimum Gasteiger partial charge on any atom is -0.449 e. The van der Waals surface area contributed by atoms with Crippen LogP contribution in [0.15, 0.2) is 36.4 Å². The third-order valence-electron chi connectivity index (χ3n) is 3.15. The van der Waals surface area contributed by atoms with Crippen LogP contribution in [0.5, 0.6) is 11.5 Å². The summed E-state index contributed by atoms with van der Waals surface area (Å²) >= 11 is 0. The summed E-state index contributed by atoms with van der Waals surface area (Å²) in [5.74, 6) is -0.502. The molecule has 1 aliphatic heterocycles. The molecule has 0 unspecified atom stereocenters. The summed E-state index contributed by atoms with van der Waals surface area (Å²) in [7, 11) is 0. The van der Waals surface area contributed by atoms with E-state index in [9.17, 15) is 8.78 Å². The Morgan fingerprint density at radius 2 is 1.76 bits per heavy atom. The van der Waals surface area contributed by atoms with Crippen LogP contribution in [-0.4, -0.2) is 5.79 Å². The fraction of sp³-hybridized carbons (Fsp3) is 0.250. The van der Waals surface area contributed by atoms with Crippen LogP contribution in [0.1, 0.15) is 19.4 Å². The largest absolute Gasteiger partial charge is 0.449 e. The first-order valence-electron chi connectivity index (χ1n) is 6.63. The average molecular weight is 291 g/mol. The van der Waals surface area contributed by atoms with Gasteiger partial charge < -0.3 is 14.8 Å². The highest BCUT2D eigenvalue weighted by Gasteiger charge is 2.31. The Kier molecular flexibility index (Phi) is 3.20. The highest BCUT2D eigenvalue weighted by atomic mass is 19.1. The second kappa shape index (κ2) is 4.91. The maximum Gasteiger partial charge on any atom is 0.246 e. The van der Waals surface area contributed by atoms with E-state index in [1.54, 1.807) is 12.1 Å². The Labute approximate surface area is 121 Å². The van der Waals surface area contributed by atoms with Crippen molar-refractivity contribution in [2.45, 2.75) is 26.2 Å². The molecule has 3 nitrogen and oxygen atoms in total. The first-order valence-corrected chi connectivity index (χ1v) is 6.63. The fourth-order valence-electron chi connectivity index (χ4n) is 2.19.